The Balaban J connectivity index is 3.14. The van der Waals surface area contributed by atoms with Crippen LogP contribution in [0.25, 0.3) is 0 Å². The summed E-state index contributed by atoms with van der Waals surface area (Å²) in [5.74, 6) is 0.367. The van der Waals surface area contributed by atoms with Crippen LogP contribution in [0.5, 0.6) is 0 Å². The molecule has 0 aliphatic carbocycles. The van der Waals surface area contributed by atoms with Gasteiger partial charge in [0.15, 0.2) is 0 Å². The van der Waals surface area contributed by atoms with Crippen molar-refractivity contribution in [2.45, 2.75) is 26.7 Å². The van der Waals surface area contributed by atoms with Crippen molar-refractivity contribution in [3.63, 3.8) is 0 Å². The summed E-state index contributed by atoms with van der Waals surface area (Å²) >= 11 is 5.81. The van der Waals surface area contributed by atoms with Crippen LogP contribution in [-0.2, 0) is 0 Å². The molecule has 1 heterocycles. The molecule has 0 saturated carbocycles. The molecule has 0 unspecified atom stereocenters. The lowest BCUT2D eigenvalue weighted by Gasteiger charge is -2.22. The molecule has 0 atom stereocenters. The maximum atomic E-state index is 10.9. The van der Waals surface area contributed by atoms with Crippen LogP contribution in [0.1, 0.15) is 26.7 Å². The van der Waals surface area contributed by atoms with Gasteiger partial charge in [-0.05, 0) is 18.9 Å². The first-order valence-electron chi connectivity index (χ1n) is 5.66. The topological polar surface area (TPSA) is 59.3 Å². The molecule has 1 aromatic heterocycles. The fourth-order valence-corrected chi connectivity index (χ4v) is 1.80. The van der Waals surface area contributed by atoms with Crippen LogP contribution < -0.4 is 4.90 Å². The summed E-state index contributed by atoms with van der Waals surface area (Å²) < 4.78 is 0. The van der Waals surface area contributed by atoms with E-state index in [1.54, 1.807) is 0 Å². The maximum absolute atomic E-state index is 10.9. The van der Waals surface area contributed by atoms with Crippen LogP contribution in [-0.4, -0.2) is 23.0 Å². The number of aromatic nitrogens is 1. The fraction of sp³-hybridized carbons (Fsp3) is 0.545. The number of pyridine rings is 1. The Hall–Kier alpha value is -1.36. The van der Waals surface area contributed by atoms with E-state index in [2.05, 4.69) is 4.98 Å². The number of rotatable bonds is 6. The number of nitro groups is 1. The summed E-state index contributed by atoms with van der Waals surface area (Å²) in [6.07, 6.45) is 1.82. The molecule has 6 heteroatoms. The molecule has 0 bridgehead atoms. The molecule has 17 heavy (non-hydrogen) atoms. The van der Waals surface area contributed by atoms with Crippen LogP contribution in [0.4, 0.5) is 11.5 Å². The molecule has 0 aromatic carbocycles. The minimum absolute atomic E-state index is 0.0105. The first-order chi connectivity index (χ1) is 8.10. The van der Waals surface area contributed by atoms with Crippen LogP contribution >= 0.6 is 11.6 Å². The highest BCUT2D eigenvalue weighted by molar-refractivity contribution is 6.29. The van der Waals surface area contributed by atoms with Crippen LogP contribution in [0.15, 0.2) is 12.1 Å². The van der Waals surface area contributed by atoms with E-state index in [1.165, 1.54) is 12.1 Å². The van der Waals surface area contributed by atoms with Gasteiger partial charge in [-0.25, -0.2) is 4.98 Å². The van der Waals surface area contributed by atoms with Crippen molar-refractivity contribution in [3.8, 4) is 0 Å². The standard InChI is InChI=1S/C11H16ClN3O2/c1-3-7-14(8-4-2)11-9(15(16)17)5-6-10(12)13-11/h5-6H,3-4,7-8H2,1-2H3. The summed E-state index contributed by atoms with van der Waals surface area (Å²) in [5, 5.41) is 11.2. The van der Waals surface area contributed by atoms with Crippen molar-refractivity contribution in [3.05, 3.63) is 27.4 Å². The second-order valence-corrected chi connectivity index (χ2v) is 4.11. The number of hydrogen-bond donors (Lipinski definition) is 0. The molecule has 0 fully saturated rings. The van der Waals surface area contributed by atoms with E-state index in [1.807, 2.05) is 18.7 Å². The lowest BCUT2D eigenvalue weighted by atomic mass is 10.3. The average Bonchev–Trinajstić information content (AvgIpc) is 2.28. The van der Waals surface area contributed by atoms with E-state index in [-0.39, 0.29) is 10.8 Å². The number of nitrogens with zero attached hydrogens (tertiary/aromatic N) is 3. The lowest BCUT2D eigenvalue weighted by Crippen LogP contribution is -2.26. The smallest absolute Gasteiger partial charge is 0.311 e. The molecule has 94 valence electrons. The molecular weight excluding hydrogens is 242 g/mol. The molecule has 0 N–H and O–H groups in total. The third kappa shape index (κ3) is 3.56. The van der Waals surface area contributed by atoms with Gasteiger partial charge in [0.05, 0.1) is 4.92 Å². The van der Waals surface area contributed by atoms with Gasteiger partial charge in [0, 0.05) is 19.2 Å². The predicted octanol–water partition coefficient (Wildman–Crippen LogP) is 3.27. The van der Waals surface area contributed by atoms with Crippen LogP contribution in [0.2, 0.25) is 5.15 Å². The van der Waals surface area contributed by atoms with Gasteiger partial charge in [0.1, 0.15) is 5.15 Å². The molecule has 1 aromatic rings. The average molecular weight is 258 g/mol. The largest absolute Gasteiger partial charge is 0.351 e. The SMILES string of the molecule is CCCN(CCC)c1nc(Cl)ccc1[N+](=O)[O-]. The summed E-state index contributed by atoms with van der Waals surface area (Å²) in [6, 6.07) is 2.85. The Kier molecular flexibility index (Phi) is 5.15. The van der Waals surface area contributed by atoms with E-state index in [0.29, 0.717) is 5.82 Å². The highest BCUT2D eigenvalue weighted by Crippen LogP contribution is 2.27. The van der Waals surface area contributed by atoms with Crippen molar-refractivity contribution < 1.29 is 4.92 Å². The summed E-state index contributed by atoms with van der Waals surface area (Å²) in [4.78, 5) is 16.5. The molecule has 5 nitrogen and oxygen atoms in total. The van der Waals surface area contributed by atoms with Crippen LogP contribution in [0, 0.1) is 10.1 Å². The van der Waals surface area contributed by atoms with Gasteiger partial charge >= 0.3 is 5.69 Å². The molecule has 0 saturated heterocycles. The monoisotopic (exact) mass is 257 g/mol. The number of hydrogen-bond acceptors (Lipinski definition) is 4. The second kappa shape index (κ2) is 6.39. The normalized spacial score (nSPS) is 10.3. The zero-order valence-corrected chi connectivity index (χ0v) is 10.8. The number of anilines is 1. The minimum atomic E-state index is -0.420. The predicted molar refractivity (Wildman–Crippen MR) is 68.7 cm³/mol. The van der Waals surface area contributed by atoms with Gasteiger partial charge in [-0.3, -0.25) is 10.1 Å². The van der Waals surface area contributed by atoms with Crippen molar-refractivity contribution in [1.29, 1.82) is 0 Å². The molecule has 0 aliphatic heterocycles. The van der Waals surface area contributed by atoms with Crippen molar-refractivity contribution in [2.24, 2.45) is 0 Å². The zero-order chi connectivity index (χ0) is 12.8. The molecular formula is C11H16ClN3O2. The van der Waals surface area contributed by atoms with E-state index >= 15 is 0 Å². The minimum Gasteiger partial charge on any atom is -0.351 e. The molecule has 1 rings (SSSR count). The first kappa shape index (κ1) is 13.7. The molecule has 0 aliphatic rings. The Bertz CT molecular complexity index is 392. The molecule has 0 spiro atoms. The van der Waals surface area contributed by atoms with Crippen molar-refractivity contribution in [1.82, 2.24) is 4.98 Å². The summed E-state index contributed by atoms with van der Waals surface area (Å²) in [7, 11) is 0. The number of halogens is 1. The Labute approximate surface area is 106 Å². The van der Waals surface area contributed by atoms with E-state index in [4.69, 9.17) is 11.6 Å². The quantitative estimate of drug-likeness (QED) is 0.446. The maximum Gasteiger partial charge on any atom is 0.311 e. The molecule has 0 amide bonds. The summed E-state index contributed by atoms with van der Waals surface area (Å²) in [6.45, 7) is 5.53. The second-order valence-electron chi connectivity index (χ2n) is 3.72. The zero-order valence-electron chi connectivity index (χ0n) is 10.0. The first-order valence-corrected chi connectivity index (χ1v) is 6.03. The van der Waals surface area contributed by atoms with E-state index in [0.717, 1.165) is 25.9 Å². The van der Waals surface area contributed by atoms with Gasteiger partial charge in [-0.2, -0.15) is 0 Å². The Morgan fingerprint density at radius 2 is 1.94 bits per heavy atom. The highest BCUT2D eigenvalue weighted by Gasteiger charge is 2.20. The van der Waals surface area contributed by atoms with Gasteiger partial charge < -0.3 is 4.90 Å². The lowest BCUT2D eigenvalue weighted by molar-refractivity contribution is -0.384. The highest BCUT2D eigenvalue weighted by atomic mass is 35.5. The Morgan fingerprint density at radius 3 is 2.41 bits per heavy atom. The van der Waals surface area contributed by atoms with Crippen molar-refractivity contribution in [2.75, 3.05) is 18.0 Å². The van der Waals surface area contributed by atoms with Gasteiger partial charge in [-0.1, -0.05) is 25.4 Å². The third-order valence-electron chi connectivity index (χ3n) is 2.30. The van der Waals surface area contributed by atoms with Crippen LogP contribution in [0.3, 0.4) is 0 Å². The third-order valence-corrected chi connectivity index (χ3v) is 2.51. The summed E-state index contributed by atoms with van der Waals surface area (Å²) in [5.41, 5.74) is 0.0105. The molecule has 0 radical (unpaired) electrons. The van der Waals surface area contributed by atoms with Gasteiger partial charge in [0.2, 0.25) is 5.82 Å². The van der Waals surface area contributed by atoms with Crippen molar-refractivity contribution >= 4 is 23.1 Å². The Morgan fingerprint density at radius 1 is 1.35 bits per heavy atom. The van der Waals surface area contributed by atoms with E-state index in [9.17, 15) is 10.1 Å². The van der Waals surface area contributed by atoms with Gasteiger partial charge in [-0.15, -0.1) is 0 Å². The fourth-order valence-electron chi connectivity index (χ4n) is 1.66. The van der Waals surface area contributed by atoms with Gasteiger partial charge in [0.25, 0.3) is 0 Å². The van der Waals surface area contributed by atoms with E-state index < -0.39 is 4.92 Å².